The number of hydrogen-bond donors (Lipinski definition) is 2. The zero-order valence-corrected chi connectivity index (χ0v) is 18.4. The van der Waals surface area contributed by atoms with Crippen molar-refractivity contribution in [3.8, 4) is 0 Å². The summed E-state index contributed by atoms with van der Waals surface area (Å²) in [5, 5.41) is 7.10. The second kappa shape index (κ2) is 10.4. The van der Waals surface area contributed by atoms with Crippen molar-refractivity contribution < 1.29 is 0 Å². The second-order valence-electron chi connectivity index (χ2n) is 6.45. The first-order chi connectivity index (χ1) is 11.6. The number of hydrogen-bond acceptors (Lipinski definition) is 2. The maximum absolute atomic E-state index is 3.55. The van der Waals surface area contributed by atoms with Crippen molar-refractivity contribution in [1.82, 2.24) is 10.6 Å². The molecule has 0 unspecified atom stereocenters. The molecule has 2 aromatic carbocycles. The van der Waals surface area contributed by atoms with Gasteiger partial charge in [0.05, 0.1) is 0 Å². The Bertz CT molecular complexity index is 571. The quantitative estimate of drug-likeness (QED) is 0.567. The average molecular weight is 454 g/mol. The fourth-order valence-electron chi connectivity index (χ4n) is 2.18. The molecule has 0 fully saturated rings. The van der Waals surface area contributed by atoms with Crippen LogP contribution in [-0.4, -0.2) is 38.3 Å². The molecule has 0 radical (unpaired) electrons. The molecule has 0 heterocycles. The first kappa shape index (κ1) is 19.7. The molecule has 130 valence electrons. The Morgan fingerprint density at radius 2 is 1.04 bits per heavy atom. The first-order valence-electron chi connectivity index (χ1n) is 8.53. The molecule has 0 aromatic heterocycles. The minimum absolute atomic E-state index is 0.524. The van der Waals surface area contributed by atoms with Gasteiger partial charge >= 0.3 is 158 Å². The summed E-state index contributed by atoms with van der Waals surface area (Å²) >= 11 is 1.05. The van der Waals surface area contributed by atoms with Crippen LogP contribution in [0.3, 0.4) is 0 Å². The molecule has 0 bridgehead atoms. The molecule has 0 aliphatic heterocycles. The molecule has 0 spiro atoms. The molecule has 0 aliphatic carbocycles. The van der Waals surface area contributed by atoms with Crippen LogP contribution in [0.15, 0.2) is 48.5 Å². The van der Waals surface area contributed by atoms with Crippen molar-refractivity contribution in [2.24, 2.45) is 0 Å². The molecule has 2 N–H and O–H groups in total. The molecule has 0 saturated carbocycles. The number of nitrogens with one attached hydrogen (secondary N) is 2. The normalized spacial score (nSPS) is 11.4. The summed E-state index contributed by atoms with van der Waals surface area (Å²) in [4.78, 5) is 0. The molecule has 4 heteroatoms. The van der Waals surface area contributed by atoms with E-state index in [1.54, 1.807) is 8.92 Å². The van der Waals surface area contributed by atoms with Crippen LogP contribution < -0.4 is 19.6 Å². The average Bonchev–Trinajstić information content (AvgIpc) is 2.57. The van der Waals surface area contributed by atoms with E-state index >= 15 is 0 Å². The fourth-order valence-corrected chi connectivity index (χ4v) is 9.66. The SMILES string of the molecule is CC(C)NCc1ccccc1[Se][Se]c1ccccc1CNC(C)C. The van der Waals surface area contributed by atoms with Crippen LogP contribution in [0.25, 0.3) is 0 Å². The summed E-state index contributed by atoms with van der Waals surface area (Å²) in [7, 11) is 0. The van der Waals surface area contributed by atoms with E-state index in [9.17, 15) is 0 Å². The Balaban J connectivity index is 2.03. The van der Waals surface area contributed by atoms with Crippen molar-refractivity contribution in [2.45, 2.75) is 52.9 Å². The van der Waals surface area contributed by atoms with Crippen LogP contribution in [0.4, 0.5) is 0 Å². The molecule has 2 aromatic rings. The summed E-state index contributed by atoms with van der Waals surface area (Å²) < 4.78 is 3.09. The second-order valence-corrected chi connectivity index (χ2v) is 12.6. The van der Waals surface area contributed by atoms with Crippen LogP contribution in [0.1, 0.15) is 38.8 Å². The van der Waals surface area contributed by atoms with E-state index in [2.05, 4.69) is 86.9 Å². The van der Waals surface area contributed by atoms with Crippen molar-refractivity contribution in [1.29, 1.82) is 0 Å². The van der Waals surface area contributed by atoms with E-state index in [1.807, 2.05) is 0 Å². The van der Waals surface area contributed by atoms with E-state index in [0.29, 0.717) is 38.3 Å². The zero-order valence-electron chi connectivity index (χ0n) is 15.0. The molecular weight excluding hydrogens is 426 g/mol. The minimum atomic E-state index is 0.524. The summed E-state index contributed by atoms with van der Waals surface area (Å²) in [6.07, 6.45) is 0. The Kier molecular flexibility index (Phi) is 8.55. The van der Waals surface area contributed by atoms with Gasteiger partial charge in [0, 0.05) is 0 Å². The molecule has 2 nitrogen and oxygen atoms in total. The third kappa shape index (κ3) is 6.72. The van der Waals surface area contributed by atoms with E-state index in [4.69, 9.17) is 0 Å². The van der Waals surface area contributed by atoms with Crippen molar-refractivity contribution in [2.75, 3.05) is 0 Å². The molecule has 24 heavy (non-hydrogen) atoms. The Morgan fingerprint density at radius 3 is 1.42 bits per heavy atom. The summed E-state index contributed by atoms with van der Waals surface area (Å²) in [5.41, 5.74) is 2.93. The standard InChI is InChI=1S/C20H28N2Se2/c1-15(2)21-13-17-9-5-7-11-19(17)23-24-20-12-8-6-10-18(20)14-22-16(3)4/h5-12,15-16,21-22H,13-14H2,1-4H3. The third-order valence-electron chi connectivity index (χ3n) is 3.57. The van der Waals surface area contributed by atoms with Gasteiger partial charge in [-0.15, -0.1) is 0 Å². The van der Waals surface area contributed by atoms with Crippen LogP contribution in [0.2, 0.25) is 0 Å². The predicted molar refractivity (Wildman–Crippen MR) is 108 cm³/mol. The maximum atomic E-state index is 3.55. The number of rotatable bonds is 9. The van der Waals surface area contributed by atoms with Gasteiger partial charge in [0.15, 0.2) is 0 Å². The van der Waals surface area contributed by atoms with Crippen molar-refractivity contribution >= 4 is 35.2 Å². The number of benzene rings is 2. The Labute approximate surface area is 158 Å². The van der Waals surface area contributed by atoms with Gasteiger partial charge in [-0.1, -0.05) is 0 Å². The van der Waals surface area contributed by atoms with Gasteiger partial charge in [-0.2, -0.15) is 0 Å². The van der Waals surface area contributed by atoms with Gasteiger partial charge in [0.2, 0.25) is 0 Å². The summed E-state index contributed by atoms with van der Waals surface area (Å²) in [5.74, 6) is 0. The van der Waals surface area contributed by atoms with E-state index < -0.39 is 0 Å². The van der Waals surface area contributed by atoms with Gasteiger partial charge in [-0.05, 0) is 0 Å². The Morgan fingerprint density at radius 1 is 0.667 bits per heavy atom. The van der Waals surface area contributed by atoms with E-state index in [0.717, 1.165) is 13.1 Å². The third-order valence-corrected chi connectivity index (χ3v) is 11.0. The van der Waals surface area contributed by atoms with Crippen LogP contribution in [0, 0.1) is 0 Å². The van der Waals surface area contributed by atoms with Gasteiger partial charge in [-0.25, -0.2) is 0 Å². The van der Waals surface area contributed by atoms with Crippen molar-refractivity contribution in [3.05, 3.63) is 59.7 Å². The van der Waals surface area contributed by atoms with Gasteiger partial charge in [0.1, 0.15) is 0 Å². The van der Waals surface area contributed by atoms with E-state index in [-0.39, 0.29) is 0 Å². The predicted octanol–water partition coefficient (Wildman–Crippen LogP) is 1.96. The monoisotopic (exact) mass is 456 g/mol. The Hall–Kier alpha value is -0.601. The van der Waals surface area contributed by atoms with Crippen LogP contribution in [-0.2, 0) is 13.1 Å². The summed E-state index contributed by atoms with van der Waals surface area (Å²) in [6.45, 7) is 10.8. The molecule has 0 saturated heterocycles. The van der Waals surface area contributed by atoms with Gasteiger partial charge < -0.3 is 0 Å². The molecule has 0 aliphatic rings. The van der Waals surface area contributed by atoms with Crippen LogP contribution >= 0.6 is 0 Å². The van der Waals surface area contributed by atoms with Crippen molar-refractivity contribution in [3.63, 3.8) is 0 Å². The van der Waals surface area contributed by atoms with Gasteiger partial charge in [0.25, 0.3) is 0 Å². The molecular formula is C20H28N2Se2. The molecule has 0 atom stereocenters. The molecule has 0 amide bonds. The first-order valence-corrected chi connectivity index (χ1v) is 14.6. The zero-order chi connectivity index (χ0) is 17.4. The van der Waals surface area contributed by atoms with E-state index in [1.165, 1.54) is 11.1 Å². The topological polar surface area (TPSA) is 24.1 Å². The summed E-state index contributed by atoms with van der Waals surface area (Å²) in [6, 6.07) is 18.9. The fraction of sp³-hybridized carbons (Fsp3) is 0.400. The molecule has 2 rings (SSSR count). The van der Waals surface area contributed by atoms with Crippen LogP contribution in [0.5, 0.6) is 0 Å². The van der Waals surface area contributed by atoms with Gasteiger partial charge in [-0.3, -0.25) is 0 Å².